The van der Waals surface area contributed by atoms with Gasteiger partial charge in [0.1, 0.15) is 5.82 Å². The van der Waals surface area contributed by atoms with Crippen LogP contribution >= 0.6 is 0 Å². The van der Waals surface area contributed by atoms with E-state index in [1.165, 1.54) is 0 Å². The fraction of sp³-hybridized carbons (Fsp3) is 0.389. The number of methoxy groups -OCH3 is 3. The molecule has 140 valence electrons. The molecule has 1 amide bonds. The molecule has 1 aromatic heterocycles. The Hall–Kier alpha value is -2.87. The van der Waals surface area contributed by atoms with E-state index in [-0.39, 0.29) is 11.6 Å². The standard InChI is InChI=1S/C18H24N4O4/c1-24-11-10-20-18(23)14-5-7-17(22-21-14)19-9-8-13-4-6-15(25-2)16(12-13)26-3/h4-7,12H,8-11H2,1-3H3,(H,19,22)(H,20,23). The molecular weight excluding hydrogens is 336 g/mol. The van der Waals surface area contributed by atoms with E-state index in [4.69, 9.17) is 14.2 Å². The van der Waals surface area contributed by atoms with E-state index in [1.54, 1.807) is 33.5 Å². The number of aromatic nitrogens is 2. The third kappa shape index (κ3) is 5.59. The molecule has 0 aliphatic heterocycles. The monoisotopic (exact) mass is 360 g/mol. The van der Waals surface area contributed by atoms with Crippen LogP contribution in [0.3, 0.4) is 0 Å². The topological polar surface area (TPSA) is 94.6 Å². The van der Waals surface area contributed by atoms with E-state index in [2.05, 4.69) is 20.8 Å². The number of nitrogens with zero attached hydrogens (tertiary/aromatic N) is 2. The van der Waals surface area contributed by atoms with Gasteiger partial charge >= 0.3 is 0 Å². The van der Waals surface area contributed by atoms with Gasteiger partial charge in [-0.2, -0.15) is 0 Å². The Labute approximate surface area is 152 Å². The number of ether oxygens (including phenoxy) is 3. The lowest BCUT2D eigenvalue weighted by Crippen LogP contribution is -2.28. The zero-order chi connectivity index (χ0) is 18.8. The van der Waals surface area contributed by atoms with Crippen LogP contribution in [0.15, 0.2) is 30.3 Å². The molecule has 0 aliphatic rings. The van der Waals surface area contributed by atoms with Gasteiger partial charge in [0.05, 0.1) is 20.8 Å². The number of nitrogens with one attached hydrogen (secondary N) is 2. The summed E-state index contributed by atoms with van der Waals surface area (Å²) in [5.41, 5.74) is 1.38. The summed E-state index contributed by atoms with van der Waals surface area (Å²) in [6.07, 6.45) is 0.779. The van der Waals surface area contributed by atoms with Gasteiger partial charge in [0.25, 0.3) is 5.91 Å². The Morgan fingerprint density at radius 3 is 2.46 bits per heavy atom. The summed E-state index contributed by atoms with van der Waals surface area (Å²) in [5, 5.41) is 13.8. The fourth-order valence-electron chi connectivity index (χ4n) is 2.28. The molecule has 2 N–H and O–H groups in total. The zero-order valence-corrected chi connectivity index (χ0v) is 15.2. The van der Waals surface area contributed by atoms with Crippen LogP contribution in [0.25, 0.3) is 0 Å². The summed E-state index contributed by atoms with van der Waals surface area (Å²) in [5.74, 6) is 1.74. The number of anilines is 1. The smallest absolute Gasteiger partial charge is 0.271 e. The second-order valence-electron chi connectivity index (χ2n) is 5.42. The Balaban J connectivity index is 1.83. The minimum absolute atomic E-state index is 0.270. The number of benzene rings is 1. The minimum atomic E-state index is -0.272. The third-order valence-corrected chi connectivity index (χ3v) is 3.66. The average Bonchev–Trinajstić information content (AvgIpc) is 2.68. The number of amides is 1. The first kappa shape index (κ1) is 19.5. The van der Waals surface area contributed by atoms with E-state index in [0.29, 0.717) is 37.0 Å². The maximum Gasteiger partial charge on any atom is 0.271 e. The molecular formula is C18H24N4O4. The van der Waals surface area contributed by atoms with Crippen molar-refractivity contribution in [2.45, 2.75) is 6.42 Å². The molecule has 8 nitrogen and oxygen atoms in total. The van der Waals surface area contributed by atoms with Crippen LogP contribution in [-0.2, 0) is 11.2 Å². The first-order valence-corrected chi connectivity index (χ1v) is 8.23. The zero-order valence-electron chi connectivity index (χ0n) is 15.2. The van der Waals surface area contributed by atoms with Gasteiger partial charge in [-0.3, -0.25) is 4.79 Å². The minimum Gasteiger partial charge on any atom is -0.493 e. The molecule has 1 aromatic carbocycles. The molecule has 2 aromatic rings. The lowest BCUT2D eigenvalue weighted by Gasteiger charge is -2.10. The van der Waals surface area contributed by atoms with Crippen LogP contribution in [0.5, 0.6) is 11.5 Å². The summed E-state index contributed by atoms with van der Waals surface area (Å²) in [7, 11) is 4.80. The summed E-state index contributed by atoms with van der Waals surface area (Å²) < 4.78 is 15.4. The van der Waals surface area contributed by atoms with Crippen LogP contribution in [-0.4, -0.2) is 57.1 Å². The van der Waals surface area contributed by atoms with Crippen molar-refractivity contribution in [2.24, 2.45) is 0 Å². The highest BCUT2D eigenvalue weighted by molar-refractivity contribution is 5.92. The van der Waals surface area contributed by atoms with Gasteiger partial charge in [-0.15, -0.1) is 10.2 Å². The second kappa shape index (κ2) is 10.2. The molecule has 0 saturated carbocycles. The number of hydrogen-bond acceptors (Lipinski definition) is 7. The predicted molar refractivity (Wildman–Crippen MR) is 98.0 cm³/mol. The molecule has 0 fully saturated rings. The number of carbonyl (C=O) groups excluding carboxylic acids is 1. The molecule has 0 unspecified atom stereocenters. The maximum atomic E-state index is 11.8. The summed E-state index contributed by atoms with van der Waals surface area (Å²) in [6.45, 7) is 1.56. The third-order valence-electron chi connectivity index (χ3n) is 3.66. The van der Waals surface area contributed by atoms with E-state index >= 15 is 0 Å². The van der Waals surface area contributed by atoms with Crippen LogP contribution in [0, 0.1) is 0 Å². The molecule has 2 rings (SSSR count). The Kier molecular flexibility index (Phi) is 7.63. The van der Waals surface area contributed by atoms with Gasteiger partial charge in [0.15, 0.2) is 17.2 Å². The predicted octanol–water partition coefficient (Wildman–Crippen LogP) is 1.52. The van der Waals surface area contributed by atoms with Crippen LogP contribution in [0.2, 0.25) is 0 Å². The van der Waals surface area contributed by atoms with Crippen molar-refractivity contribution in [1.29, 1.82) is 0 Å². The van der Waals surface area contributed by atoms with Gasteiger partial charge in [0.2, 0.25) is 0 Å². The van der Waals surface area contributed by atoms with Crippen molar-refractivity contribution in [2.75, 3.05) is 46.3 Å². The van der Waals surface area contributed by atoms with Crippen molar-refractivity contribution < 1.29 is 19.0 Å². The first-order chi connectivity index (χ1) is 12.7. The Morgan fingerprint density at radius 2 is 1.81 bits per heavy atom. The molecule has 8 heteroatoms. The Morgan fingerprint density at radius 1 is 1.00 bits per heavy atom. The lowest BCUT2D eigenvalue weighted by molar-refractivity contribution is 0.0931. The number of hydrogen-bond donors (Lipinski definition) is 2. The molecule has 0 spiro atoms. The summed E-state index contributed by atoms with van der Waals surface area (Å²) in [4.78, 5) is 11.8. The van der Waals surface area contributed by atoms with Crippen LogP contribution < -0.4 is 20.1 Å². The molecule has 0 bridgehead atoms. The average molecular weight is 360 g/mol. The molecule has 0 atom stereocenters. The SMILES string of the molecule is COCCNC(=O)c1ccc(NCCc2ccc(OC)c(OC)c2)nn1. The van der Waals surface area contributed by atoms with Crippen molar-refractivity contribution in [3.63, 3.8) is 0 Å². The lowest BCUT2D eigenvalue weighted by atomic mass is 10.1. The van der Waals surface area contributed by atoms with Gasteiger partial charge < -0.3 is 24.8 Å². The number of carbonyl (C=O) groups is 1. The van der Waals surface area contributed by atoms with E-state index in [0.717, 1.165) is 12.0 Å². The first-order valence-electron chi connectivity index (χ1n) is 8.23. The van der Waals surface area contributed by atoms with Gasteiger partial charge in [-0.1, -0.05) is 6.07 Å². The second-order valence-corrected chi connectivity index (χ2v) is 5.42. The van der Waals surface area contributed by atoms with Crippen molar-refractivity contribution in [1.82, 2.24) is 15.5 Å². The largest absolute Gasteiger partial charge is 0.493 e. The summed E-state index contributed by atoms with van der Waals surface area (Å²) in [6, 6.07) is 9.17. The van der Waals surface area contributed by atoms with E-state index in [9.17, 15) is 4.79 Å². The van der Waals surface area contributed by atoms with E-state index < -0.39 is 0 Å². The molecule has 1 heterocycles. The quantitative estimate of drug-likeness (QED) is 0.620. The molecule has 0 radical (unpaired) electrons. The highest BCUT2D eigenvalue weighted by Gasteiger charge is 2.08. The van der Waals surface area contributed by atoms with Gasteiger partial charge in [-0.25, -0.2) is 0 Å². The van der Waals surface area contributed by atoms with Crippen molar-refractivity contribution in [3.05, 3.63) is 41.6 Å². The molecule has 26 heavy (non-hydrogen) atoms. The van der Waals surface area contributed by atoms with E-state index in [1.807, 2.05) is 18.2 Å². The van der Waals surface area contributed by atoms with Crippen molar-refractivity contribution in [3.8, 4) is 11.5 Å². The number of rotatable bonds is 10. The van der Waals surface area contributed by atoms with Gasteiger partial charge in [0, 0.05) is 20.2 Å². The van der Waals surface area contributed by atoms with Crippen LogP contribution in [0.4, 0.5) is 5.82 Å². The van der Waals surface area contributed by atoms with Gasteiger partial charge in [-0.05, 0) is 36.2 Å². The van der Waals surface area contributed by atoms with Crippen molar-refractivity contribution >= 4 is 11.7 Å². The highest BCUT2D eigenvalue weighted by atomic mass is 16.5. The normalized spacial score (nSPS) is 10.3. The molecule has 0 saturated heterocycles. The fourth-order valence-corrected chi connectivity index (χ4v) is 2.28. The Bertz CT molecular complexity index is 707. The summed E-state index contributed by atoms with van der Waals surface area (Å²) >= 11 is 0. The van der Waals surface area contributed by atoms with Crippen LogP contribution in [0.1, 0.15) is 16.1 Å². The molecule has 0 aliphatic carbocycles. The highest BCUT2D eigenvalue weighted by Crippen LogP contribution is 2.27. The maximum absolute atomic E-state index is 11.8.